The molecule has 4 aromatic rings. The summed E-state index contributed by atoms with van der Waals surface area (Å²) in [5.41, 5.74) is 2.61. The van der Waals surface area contributed by atoms with Crippen LogP contribution in [0.3, 0.4) is 0 Å². The van der Waals surface area contributed by atoms with Gasteiger partial charge in [0, 0.05) is 22.5 Å². The van der Waals surface area contributed by atoms with Crippen molar-refractivity contribution in [2.45, 2.75) is 13.3 Å². The normalized spacial score (nSPS) is 11.4. The summed E-state index contributed by atoms with van der Waals surface area (Å²) in [4.78, 5) is 12.2. The molecule has 0 aliphatic carbocycles. The molecule has 2 aromatic carbocycles. The van der Waals surface area contributed by atoms with E-state index >= 15 is 0 Å². The third-order valence-corrected chi connectivity index (χ3v) is 4.17. The highest BCUT2D eigenvalue weighted by molar-refractivity contribution is 6.02. The number of fused-ring (bicyclic) bond motifs is 3. The Labute approximate surface area is 150 Å². The van der Waals surface area contributed by atoms with E-state index < -0.39 is 0 Å². The number of carbonyl (C=O) groups is 1. The first-order chi connectivity index (χ1) is 12.7. The first-order valence-electron chi connectivity index (χ1n) is 8.42. The molecule has 1 amide bonds. The van der Waals surface area contributed by atoms with Gasteiger partial charge in [0.2, 0.25) is 5.91 Å². The van der Waals surface area contributed by atoms with Crippen molar-refractivity contribution in [2.75, 3.05) is 5.32 Å². The van der Waals surface area contributed by atoms with Gasteiger partial charge in [0.25, 0.3) is 0 Å². The van der Waals surface area contributed by atoms with E-state index in [-0.39, 0.29) is 5.91 Å². The molecule has 6 nitrogen and oxygen atoms in total. The summed E-state index contributed by atoms with van der Waals surface area (Å²) in [6, 6.07) is 15.6. The smallest absolute Gasteiger partial charge is 0.248 e. The van der Waals surface area contributed by atoms with Crippen LogP contribution in [0, 0.1) is 0 Å². The number of hydrogen-bond donors (Lipinski definition) is 1. The number of aromatic nitrogens is 4. The predicted molar refractivity (Wildman–Crippen MR) is 102 cm³/mol. The Morgan fingerprint density at radius 3 is 2.92 bits per heavy atom. The summed E-state index contributed by atoms with van der Waals surface area (Å²) in [7, 11) is 0. The molecule has 26 heavy (non-hydrogen) atoms. The number of hydrogen-bond acceptors (Lipinski definition) is 4. The first kappa shape index (κ1) is 16.0. The SMILES string of the molecule is CCc1cccc(NC(=O)C=Cc2nnc3c4ccccc4cnn23)c1. The minimum atomic E-state index is -0.226. The highest BCUT2D eigenvalue weighted by Gasteiger charge is 2.08. The molecule has 0 fully saturated rings. The van der Waals surface area contributed by atoms with Crippen LogP contribution in [0.5, 0.6) is 0 Å². The minimum absolute atomic E-state index is 0.226. The van der Waals surface area contributed by atoms with Crippen molar-refractivity contribution < 1.29 is 4.79 Å². The third-order valence-electron chi connectivity index (χ3n) is 4.17. The zero-order chi connectivity index (χ0) is 17.9. The summed E-state index contributed by atoms with van der Waals surface area (Å²) >= 11 is 0. The fourth-order valence-electron chi connectivity index (χ4n) is 2.81. The molecule has 0 aliphatic heterocycles. The number of amides is 1. The van der Waals surface area contributed by atoms with Gasteiger partial charge in [-0.2, -0.15) is 9.61 Å². The van der Waals surface area contributed by atoms with Gasteiger partial charge in [-0.3, -0.25) is 4.79 Å². The van der Waals surface area contributed by atoms with E-state index in [9.17, 15) is 4.79 Å². The monoisotopic (exact) mass is 343 g/mol. The standard InChI is InChI=1S/C20H17N5O/c1-2-14-6-5-8-16(12-14)22-19(26)11-10-18-23-24-20-17-9-4-3-7-15(17)13-21-25(18)20/h3-13H,2H2,1H3,(H,22,26). The van der Waals surface area contributed by atoms with Crippen LogP contribution in [0.2, 0.25) is 0 Å². The second kappa shape index (κ2) is 6.76. The Morgan fingerprint density at radius 1 is 1.15 bits per heavy atom. The largest absolute Gasteiger partial charge is 0.323 e. The number of carbonyl (C=O) groups excluding carboxylic acids is 1. The molecule has 0 atom stereocenters. The molecule has 0 bridgehead atoms. The van der Waals surface area contributed by atoms with E-state index in [4.69, 9.17) is 0 Å². The van der Waals surface area contributed by atoms with E-state index in [1.807, 2.05) is 48.5 Å². The third kappa shape index (κ3) is 3.04. The molecule has 2 aromatic heterocycles. The summed E-state index contributed by atoms with van der Waals surface area (Å²) in [6.07, 6.45) is 5.73. The van der Waals surface area contributed by atoms with Crippen molar-refractivity contribution in [1.29, 1.82) is 0 Å². The molecule has 0 unspecified atom stereocenters. The lowest BCUT2D eigenvalue weighted by molar-refractivity contribution is -0.111. The van der Waals surface area contributed by atoms with Crippen LogP contribution in [0.1, 0.15) is 18.3 Å². The van der Waals surface area contributed by atoms with Crippen molar-refractivity contribution in [2.24, 2.45) is 0 Å². The molecule has 128 valence electrons. The predicted octanol–water partition coefficient (Wildman–Crippen LogP) is 3.49. The summed E-state index contributed by atoms with van der Waals surface area (Å²) in [6.45, 7) is 2.08. The van der Waals surface area contributed by atoms with Crippen molar-refractivity contribution in [3.05, 3.63) is 72.2 Å². The van der Waals surface area contributed by atoms with Gasteiger partial charge in [0.15, 0.2) is 11.5 Å². The second-order valence-electron chi connectivity index (χ2n) is 5.90. The molecule has 0 saturated heterocycles. The molecule has 0 aliphatic rings. The minimum Gasteiger partial charge on any atom is -0.323 e. The Bertz CT molecular complexity index is 1130. The van der Waals surface area contributed by atoms with Gasteiger partial charge < -0.3 is 5.32 Å². The topological polar surface area (TPSA) is 72.2 Å². The molecule has 4 rings (SSSR count). The van der Waals surface area contributed by atoms with Crippen LogP contribution in [-0.4, -0.2) is 25.7 Å². The highest BCUT2D eigenvalue weighted by atomic mass is 16.1. The number of nitrogens with one attached hydrogen (secondary N) is 1. The summed E-state index contributed by atoms with van der Waals surface area (Å²) in [5, 5.41) is 17.5. The quantitative estimate of drug-likeness (QED) is 0.576. The number of benzene rings is 2. The van der Waals surface area contributed by atoms with Crippen molar-refractivity contribution in [1.82, 2.24) is 19.8 Å². The molecule has 6 heteroatoms. The molecular weight excluding hydrogens is 326 g/mol. The number of aryl methyl sites for hydroxylation is 1. The molecule has 0 saturated carbocycles. The van der Waals surface area contributed by atoms with Crippen LogP contribution in [0.25, 0.3) is 22.5 Å². The van der Waals surface area contributed by atoms with E-state index in [0.717, 1.165) is 22.9 Å². The maximum Gasteiger partial charge on any atom is 0.248 e. The van der Waals surface area contributed by atoms with E-state index in [2.05, 4.69) is 27.5 Å². The van der Waals surface area contributed by atoms with Crippen molar-refractivity contribution >= 4 is 34.1 Å². The van der Waals surface area contributed by atoms with Gasteiger partial charge in [0.05, 0.1) is 6.20 Å². The van der Waals surface area contributed by atoms with Crippen molar-refractivity contribution in [3.8, 4) is 0 Å². The van der Waals surface area contributed by atoms with Gasteiger partial charge in [0.1, 0.15) is 0 Å². The van der Waals surface area contributed by atoms with Crippen LogP contribution >= 0.6 is 0 Å². The van der Waals surface area contributed by atoms with Gasteiger partial charge in [-0.1, -0.05) is 43.3 Å². The van der Waals surface area contributed by atoms with Gasteiger partial charge in [-0.15, -0.1) is 10.2 Å². The Balaban J connectivity index is 1.58. The fraction of sp³-hybridized carbons (Fsp3) is 0.100. The van der Waals surface area contributed by atoms with Gasteiger partial charge in [-0.25, -0.2) is 0 Å². The number of rotatable bonds is 4. The second-order valence-corrected chi connectivity index (χ2v) is 5.90. The van der Waals surface area contributed by atoms with Gasteiger partial charge in [-0.05, 0) is 30.2 Å². The average Bonchev–Trinajstić information content (AvgIpc) is 3.10. The molecule has 0 radical (unpaired) electrons. The van der Waals surface area contributed by atoms with Crippen molar-refractivity contribution in [3.63, 3.8) is 0 Å². The molecule has 0 spiro atoms. The summed E-state index contributed by atoms with van der Waals surface area (Å²) < 4.78 is 1.63. The van der Waals surface area contributed by atoms with E-state index in [1.54, 1.807) is 16.8 Å². The molecular formula is C20H17N5O. The maximum absolute atomic E-state index is 12.2. The van der Waals surface area contributed by atoms with Crippen LogP contribution in [0.15, 0.2) is 60.8 Å². The first-order valence-corrected chi connectivity index (χ1v) is 8.42. The fourth-order valence-corrected chi connectivity index (χ4v) is 2.81. The van der Waals surface area contributed by atoms with Crippen LogP contribution in [0.4, 0.5) is 5.69 Å². The number of nitrogens with zero attached hydrogens (tertiary/aromatic N) is 4. The van der Waals surface area contributed by atoms with Gasteiger partial charge >= 0.3 is 0 Å². The number of anilines is 1. The Kier molecular flexibility index (Phi) is 4.15. The Hall–Kier alpha value is -3.54. The maximum atomic E-state index is 12.2. The lowest BCUT2D eigenvalue weighted by atomic mass is 10.1. The lowest BCUT2D eigenvalue weighted by Gasteiger charge is -2.04. The highest BCUT2D eigenvalue weighted by Crippen LogP contribution is 2.17. The zero-order valence-corrected chi connectivity index (χ0v) is 14.3. The summed E-state index contributed by atoms with van der Waals surface area (Å²) in [5.74, 6) is 0.277. The lowest BCUT2D eigenvalue weighted by Crippen LogP contribution is -2.08. The Morgan fingerprint density at radius 2 is 2.04 bits per heavy atom. The van der Waals surface area contributed by atoms with E-state index in [1.165, 1.54) is 11.6 Å². The van der Waals surface area contributed by atoms with Crippen LogP contribution in [-0.2, 0) is 11.2 Å². The zero-order valence-electron chi connectivity index (χ0n) is 14.3. The molecule has 1 N–H and O–H groups in total. The van der Waals surface area contributed by atoms with E-state index in [0.29, 0.717) is 11.5 Å². The molecule has 2 heterocycles. The van der Waals surface area contributed by atoms with Crippen LogP contribution < -0.4 is 5.32 Å². The average molecular weight is 343 g/mol.